The number of aryl methyl sites for hydroxylation is 2. The van der Waals surface area contributed by atoms with E-state index in [-0.39, 0.29) is 23.5 Å². The molecular formula is C23H26FN5O6. The van der Waals surface area contributed by atoms with E-state index >= 15 is 0 Å². The normalized spacial score (nSPS) is 11.9. The van der Waals surface area contributed by atoms with Crippen molar-refractivity contribution in [2.45, 2.75) is 51.1 Å². The molecule has 0 saturated heterocycles. The zero-order chi connectivity index (χ0) is 25.5. The fourth-order valence-electron chi connectivity index (χ4n) is 3.77. The van der Waals surface area contributed by atoms with E-state index in [1.165, 1.54) is 12.1 Å². The minimum Gasteiger partial charge on any atom is -0.481 e. The Labute approximate surface area is 198 Å². The number of aliphatic carboxylic acids is 2. The predicted molar refractivity (Wildman–Crippen MR) is 124 cm³/mol. The lowest BCUT2D eigenvalue weighted by atomic mass is 10.0. The minimum absolute atomic E-state index is 0.0656. The fourth-order valence-corrected chi connectivity index (χ4v) is 3.77. The van der Waals surface area contributed by atoms with Crippen molar-refractivity contribution in [3.05, 3.63) is 57.8 Å². The molecule has 186 valence electrons. The number of carboxylic acid groups (broad SMARTS) is 2. The highest BCUT2D eigenvalue weighted by Gasteiger charge is 2.23. The molecule has 0 aliphatic heterocycles. The van der Waals surface area contributed by atoms with E-state index in [0.717, 1.165) is 19.3 Å². The predicted octanol–water partition coefficient (Wildman–Crippen LogP) is 1.91. The van der Waals surface area contributed by atoms with Crippen LogP contribution in [0.15, 0.2) is 35.3 Å². The van der Waals surface area contributed by atoms with Crippen LogP contribution in [0.25, 0.3) is 11.0 Å². The number of aromatic nitrogens is 3. The van der Waals surface area contributed by atoms with Gasteiger partial charge in [0.05, 0.1) is 11.1 Å². The van der Waals surface area contributed by atoms with Crippen LogP contribution in [0.2, 0.25) is 0 Å². The van der Waals surface area contributed by atoms with Gasteiger partial charge in [0, 0.05) is 19.2 Å². The molecule has 12 heteroatoms. The number of carbonyl (C=O) groups excluding carboxylic acids is 1. The number of rotatable bonds is 12. The first-order valence-electron chi connectivity index (χ1n) is 11.0. The SMILES string of the molecule is Nc1nc2ccn(CCCCCc3ccc(C(=O)N[C@H](CCC(=O)O)C(=O)O)c(F)c3)c2c(=O)[nH]1. The molecule has 2 aromatic heterocycles. The van der Waals surface area contributed by atoms with Crippen LogP contribution < -0.4 is 16.6 Å². The van der Waals surface area contributed by atoms with Gasteiger partial charge in [-0.3, -0.25) is 19.4 Å². The molecular weight excluding hydrogens is 461 g/mol. The number of halogens is 1. The van der Waals surface area contributed by atoms with Gasteiger partial charge in [-0.2, -0.15) is 0 Å². The number of carbonyl (C=O) groups is 3. The number of amides is 1. The summed E-state index contributed by atoms with van der Waals surface area (Å²) in [6.07, 6.45) is 3.94. The van der Waals surface area contributed by atoms with Crippen LogP contribution in [-0.2, 0) is 22.6 Å². The molecule has 35 heavy (non-hydrogen) atoms. The second kappa shape index (κ2) is 11.3. The van der Waals surface area contributed by atoms with E-state index in [1.54, 1.807) is 18.3 Å². The van der Waals surface area contributed by atoms with Crippen molar-refractivity contribution >= 4 is 34.8 Å². The van der Waals surface area contributed by atoms with E-state index in [9.17, 15) is 23.6 Å². The molecule has 2 heterocycles. The highest BCUT2D eigenvalue weighted by molar-refractivity contribution is 5.97. The number of H-pyrrole nitrogens is 1. The van der Waals surface area contributed by atoms with Crippen molar-refractivity contribution < 1.29 is 29.0 Å². The number of benzene rings is 1. The molecule has 0 unspecified atom stereocenters. The molecule has 1 aromatic carbocycles. The standard InChI is InChI=1S/C23H26FN5O6/c24-15-12-13(5-6-14(15)20(32)26-17(22(34)35)7-8-18(30)31)4-2-1-3-10-29-11-9-16-19(29)21(33)28-23(25)27-16/h5-6,9,11-12,17H,1-4,7-8,10H2,(H,26,32)(H,30,31)(H,34,35)(H3,25,27,28,33)/t17-/m1/s1. The Kier molecular flexibility index (Phi) is 8.18. The number of nitrogen functional groups attached to an aromatic ring is 1. The van der Waals surface area contributed by atoms with Gasteiger partial charge in [0.1, 0.15) is 17.4 Å². The van der Waals surface area contributed by atoms with Gasteiger partial charge in [-0.05, 0) is 49.4 Å². The number of anilines is 1. The Morgan fingerprint density at radius 2 is 1.94 bits per heavy atom. The summed E-state index contributed by atoms with van der Waals surface area (Å²) in [5, 5.41) is 20.0. The first-order chi connectivity index (χ1) is 16.7. The van der Waals surface area contributed by atoms with Crippen molar-refractivity contribution in [3.8, 4) is 0 Å². The number of aromatic amines is 1. The highest BCUT2D eigenvalue weighted by Crippen LogP contribution is 2.15. The van der Waals surface area contributed by atoms with E-state index in [1.807, 2.05) is 4.57 Å². The maximum atomic E-state index is 14.5. The van der Waals surface area contributed by atoms with Gasteiger partial charge in [0.15, 0.2) is 0 Å². The molecule has 6 N–H and O–H groups in total. The molecule has 11 nitrogen and oxygen atoms in total. The Morgan fingerprint density at radius 3 is 2.63 bits per heavy atom. The molecule has 3 aromatic rings. The van der Waals surface area contributed by atoms with Crippen LogP contribution in [0.4, 0.5) is 10.3 Å². The summed E-state index contributed by atoms with van der Waals surface area (Å²) in [5.41, 5.74) is 6.62. The summed E-state index contributed by atoms with van der Waals surface area (Å²) < 4.78 is 16.3. The zero-order valence-corrected chi connectivity index (χ0v) is 18.8. The van der Waals surface area contributed by atoms with Crippen molar-refractivity contribution in [2.75, 3.05) is 5.73 Å². The second-order valence-corrected chi connectivity index (χ2v) is 8.12. The van der Waals surface area contributed by atoms with Crippen LogP contribution in [-0.4, -0.2) is 48.6 Å². The Bertz CT molecular complexity index is 1300. The maximum Gasteiger partial charge on any atom is 0.326 e. The van der Waals surface area contributed by atoms with Crippen LogP contribution in [0.3, 0.4) is 0 Å². The number of unbranched alkanes of at least 4 members (excludes halogenated alkanes) is 2. The molecule has 3 rings (SSSR count). The van der Waals surface area contributed by atoms with Gasteiger partial charge in [-0.1, -0.05) is 12.5 Å². The lowest BCUT2D eigenvalue weighted by Gasteiger charge is -2.14. The average Bonchev–Trinajstić information content (AvgIpc) is 3.19. The quantitative estimate of drug-likeness (QED) is 0.240. The van der Waals surface area contributed by atoms with Crippen molar-refractivity contribution in [1.82, 2.24) is 19.9 Å². The maximum absolute atomic E-state index is 14.5. The van der Waals surface area contributed by atoms with E-state index < -0.39 is 36.1 Å². The van der Waals surface area contributed by atoms with Gasteiger partial charge >= 0.3 is 11.9 Å². The van der Waals surface area contributed by atoms with Gasteiger partial charge in [-0.15, -0.1) is 0 Å². The molecule has 0 aliphatic rings. The number of fused-ring (bicyclic) bond motifs is 1. The molecule has 1 amide bonds. The van der Waals surface area contributed by atoms with Gasteiger partial charge in [0.25, 0.3) is 11.5 Å². The Morgan fingerprint density at radius 1 is 1.17 bits per heavy atom. The average molecular weight is 487 g/mol. The van der Waals surface area contributed by atoms with Crippen LogP contribution in [0.5, 0.6) is 0 Å². The number of nitrogens with one attached hydrogen (secondary N) is 2. The summed E-state index contributed by atoms with van der Waals surface area (Å²) in [6.45, 7) is 0.609. The lowest BCUT2D eigenvalue weighted by Crippen LogP contribution is -2.41. The lowest BCUT2D eigenvalue weighted by molar-refractivity contribution is -0.140. The number of nitrogens with zero attached hydrogens (tertiary/aromatic N) is 2. The number of hydrogen-bond donors (Lipinski definition) is 5. The summed E-state index contributed by atoms with van der Waals surface area (Å²) in [5.74, 6) is -4.23. The van der Waals surface area contributed by atoms with Gasteiger partial charge in [0.2, 0.25) is 5.95 Å². The van der Waals surface area contributed by atoms with E-state index in [4.69, 9.17) is 15.9 Å². The fraction of sp³-hybridized carbons (Fsp3) is 0.348. The summed E-state index contributed by atoms with van der Waals surface area (Å²) in [7, 11) is 0. The van der Waals surface area contributed by atoms with Crippen molar-refractivity contribution in [1.29, 1.82) is 0 Å². The molecule has 0 bridgehead atoms. The third kappa shape index (κ3) is 6.65. The largest absolute Gasteiger partial charge is 0.481 e. The first-order valence-corrected chi connectivity index (χ1v) is 11.0. The van der Waals surface area contributed by atoms with Crippen LogP contribution in [0, 0.1) is 5.82 Å². The number of hydrogen-bond acceptors (Lipinski definition) is 6. The highest BCUT2D eigenvalue weighted by atomic mass is 19.1. The van der Waals surface area contributed by atoms with Crippen LogP contribution >= 0.6 is 0 Å². The molecule has 0 aliphatic carbocycles. The van der Waals surface area contributed by atoms with Crippen molar-refractivity contribution in [2.24, 2.45) is 0 Å². The third-order valence-electron chi connectivity index (χ3n) is 5.53. The Hall–Kier alpha value is -4.22. The zero-order valence-electron chi connectivity index (χ0n) is 18.8. The molecule has 0 fully saturated rings. The first kappa shape index (κ1) is 25.4. The molecule has 0 saturated carbocycles. The molecule has 1 atom stereocenters. The summed E-state index contributed by atoms with van der Waals surface area (Å²) >= 11 is 0. The molecule has 0 spiro atoms. The second-order valence-electron chi connectivity index (χ2n) is 8.12. The molecule has 0 radical (unpaired) electrons. The van der Waals surface area contributed by atoms with E-state index in [2.05, 4.69) is 15.3 Å². The van der Waals surface area contributed by atoms with Crippen LogP contribution in [0.1, 0.15) is 48.0 Å². The van der Waals surface area contributed by atoms with Gasteiger partial charge in [-0.25, -0.2) is 14.2 Å². The summed E-state index contributed by atoms with van der Waals surface area (Å²) in [6, 6.07) is 4.41. The number of carboxylic acids is 2. The van der Waals surface area contributed by atoms with Crippen molar-refractivity contribution in [3.63, 3.8) is 0 Å². The monoisotopic (exact) mass is 487 g/mol. The third-order valence-corrected chi connectivity index (χ3v) is 5.53. The Balaban J connectivity index is 1.50. The minimum atomic E-state index is -1.43. The van der Waals surface area contributed by atoms with Gasteiger partial charge < -0.3 is 25.8 Å². The van der Waals surface area contributed by atoms with E-state index in [0.29, 0.717) is 29.6 Å². The smallest absolute Gasteiger partial charge is 0.326 e. The topological polar surface area (TPSA) is 180 Å². The number of nitrogens with two attached hydrogens (primary N) is 1. The summed E-state index contributed by atoms with van der Waals surface area (Å²) in [4.78, 5) is 52.8.